The van der Waals surface area contributed by atoms with Crippen molar-refractivity contribution in [1.29, 1.82) is 0 Å². The zero-order valence-electron chi connectivity index (χ0n) is 22.0. The van der Waals surface area contributed by atoms with Crippen molar-refractivity contribution < 1.29 is 0 Å². The van der Waals surface area contributed by atoms with Crippen molar-refractivity contribution in [3.63, 3.8) is 0 Å². The fourth-order valence-electron chi connectivity index (χ4n) is 6.45. The molecule has 1 aliphatic carbocycles. The Morgan fingerprint density at radius 3 is 1.68 bits per heavy atom. The summed E-state index contributed by atoms with van der Waals surface area (Å²) in [7, 11) is 0. The highest BCUT2D eigenvalue weighted by molar-refractivity contribution is 6.05. The van der Waals surface area contributed by atoms with Crippen molar-refractivity contribution in [1.82, 2.24) is 19.9 Å². The van der Waals surface area contributed by atoms with Gasteiger partial charge in [0, 0.05) is 45.1 Å². The van der Waals surface area contributed by atoms with E-state index in [4.69, 9.17) is 19.9 Å². The molecule has 1 aliphatic rings. The molecule has 0 aliphatic heterocycles. The lowest BCUT2D eigenvalue weighted by Crippen LogP contribution is -1.97. The molecule has 8 aromatic rings. The predicted molar refractivity (Wildman–Crippen MR) is 167 cm³/mol. The molecule has 0 atom stereocenters. The van der Waals surface area contributed by atoms with Gasteiger partial charge in [0.2, 0.25) is 0 Å². The van der Waals surface area contributed by atoms with Crippen LogP contribution in [0.5, 0.6) is 0 Å². The van der Waals surface area contributed by atoms with Gasteiger partial charge < -0.3 is 0 Å². The summed E-state index contributed by atoms with van der Waals surface area (Å²) in [4.78, 5) is 20.0. The molecular weight excluding hydrogens is 500 g/mol. The number of hydrogen-bond donors (Lipinski definition) is 0. The fourth-order valence-corrected chi connectivity index (χ4v) is 6.45. The molecule has 41 heavy (non-hydrogen) atoms. The summed E-state index contributed by atoms with van der Waals surface area (Å²) < 4.78 is 0. The molecule has 4 nitrogen and oxygen atoms in total. The smallest absolute Gasteiger partial charge is 0.0972 e. The first kappa shape index (κ1) is 22.3. The summed E-state index contributed by atoms with van der Waals surface area (Å²) >= 11 is 0. The summed E-state index contributed by atoms with van der Waals surface area (Å²) in [5.41, 5.74) is 12.9. The van der Waals surface area contributed by atoms with E-state index >= 15 is 0 Å². The third kappa shape index (κ3) is 3.34. The largest absolute Gasteiger partial charge is 0.254 e. The standard InChI is InChI=1S/C37H22N4/c1-2-8-27-26(5-1)21-30-28(27)15-16-29(31-17-13-24-11-9-22-6-3-19-38-34(22)36(24)40-31)33(30)32-18-14-25-12-10-23-7-4-20-39-35(23)37(25)41-32/h1-20H,21H2. The Bertz CT molecular complexity index is 2360. The van der Waals surface area contributed by atoms with E-state index in [2.05, 4.69) is 97.1 Å². The molecule has 0 saturated heterocycles. The quantitative estimate of drug-likeness (QED) is 0.213. The minimum absolute atomic E-state index is 0.861. The van der Waals surface area contributed by atoms with Crippen LogP contribution in [0.2, 0.25) is 0 Å². The number of aromatic nitrogens is 4. The van der Waals surface area contributed by atoms with Crippen LogP contribution in [0.25, 0.3) is 77.3 Å². The third-order valence-corrected chi connectivity index (χ3v) is 8.38. The molecular formula is C37H22N4. The van der Waals surface area contributed by atoms with Gasteiger partial charge >= 0.3 is 0 Å². The van der Waals surface area contributed by atoms with E-state index in [0.717, 1.165) is 72.5 Å². The first-order chi connectivity index (χ1) is 20.3. The average Bonchev–Trinajstić information content (AvgIpc) is 3.42. The SMILES string of the molecule is c1ccc2c(c1)Cc1c-2ccc(-c2ccc3ccc4cccnc4c3n2)c1-c1ccc2ccc3cccnc3c2n1. The van der Waals surface area contributed by atoms with Crippen LogP contribution in [0.4, 0.5) is 0 Å². The van der Waals surface area contributed by atoms with E-state index in [1.54, 1.807) is 0 Å². The Kier molecular flexibility index (Phi) is 4.64. The topological polar surface area (TPSA) is 51.6 Å². The number of benzene rings is 4. The van der Waals surface area contributed by atoms with E-state index in [9.17, 15) is 0 Å². The Morgan fingerprint density at radius 1 is 0.415 bits per heavy atom. The van der Waals surface area contributed by atoms with E-state index in [1.165, 1.54) is 22.3 Å². The Balaban J connectivity index is 1.35. The van der Waals surface area contributed by atoms with Crippen molar-refractivity contribution in [2.45, 2.75) is 6.42 Å². The van der Waals surface area contributed by atoms with Gasteiger partial charge in [-0.15, -0.1) is 0 Å². The molecule has 190 valence electrons. The second-order valence-electron chi connectivity index (χ2n) is 10.7. The minimum Gasteiger partial charge on any atom is -0.254 e. The highest BCUT2D eigenvalue weighted by atomic mass is 14.8. The van der Waals surface area contributed by atoms with E-state index in [1.807, 2.05) is 24.5 Å². The maximum atomic E-state index is 5.31. The predicted octanol–water partition coefficient (Wildman–Crippen LogP) is 8.78. The van der Waals surface area contributed by atoms with Crippen LogP contribution >= 0.6 is 0 Å². The van der Waals surface area contributed by atoms with Crippen LogP contribution in [-0.2, 0) is 6.42 Å². The Morgan fingerprint density at radius 2 is 0.976 bits per heavy atom. The number of rotatable bonds is 2. The van der Waals surface area contributed by atoms with Gasteiger partial charge in [0.1, 0.15) is 0 Å². The van der Waals surface area contributed by atoms with Crippen LogP contribution < -0.4 is 0 Å². The lowest BCUT2D eigenvalue weighted by molar-refractivity contribution is 1.25. The van der Waals surface area contributed by atoms with Crippen molar-refractivity contribution in [3.05, 3.63) is 133 Å². The van der Waals surface area contributed by atoms with Crippen molar-refractivity contribution in [2.75, 3.05) is 0 Å². The summed E-state index contributed by atoms with van der Waals surface area (Å²) in [5.74, 6) is 0. The molecule has 0 N–H and O–H groups in total. The summed E-state index contributed by atoms with van der Waals surface area (Å²) in [5, 5.41) is 4.34. The summed E-state index contributed by atoms with van der Waals surface area (Å²) in [6, 6.07) is 38.4. The van der Waals surface area contributed by atoms with Gasteiger partial charge in [-0.2, -0.15) is 0 Å². The molecule has 0 saturated carbocycles. The van der Waals surface area contributed by atoms with Crippen LogP contribution in [0.1, 0.15) is 11.1 Å². The van der Waals surface area contributed by atoms with Crippen LogP contribution in [0.3, 0.4) is 0 Å². The van der Waals surface area contributed by atoms with Crippen molar-refractivity contribution in [2.24, 2.45) is 0 Å². The van der Waals surface area contributed by atoms with E-state index < -0.39 is 0 Å². The minimum atomic E-state index is 0.861. The van der Waals surface area contributed by atoms with Gasteiger partial charge in [-0.25, -0.2) is 9.97 Å². The first-order valence-corrected chi connectivity index (χ1v) is 13.9. The zero-order chi connectivity index (χ0) is 26.9. The van der Waals surface area contributed by atoms with E-state index in [0.29, 0.717) is 0 Å². The van der Waals surface area contributed by atoms with Crippen LogP contribution in [-0.4, -0.2) is 19.9 Å². The summed E-state index contributed by atoms with van der Waals surface area (Å²) in [6.45, 7) is 0. The molecule has 9 rings (SSSR count). The van der Waals surface area contributed by atoms with Crippen LogP contribution in [0, 0.1) is 0 Å². The monoisotopic (exact) mass is 522 g/mol. The maximum absolute atomic E-state index is 5.31. The van der Waals surface area contributed by atoms with Crippen molar-refractivity contribution >= 4 is 43.6 Å². The second-order valence-corrected chi connectivity index (χ2v) is 10.7. The highest BCUT2D eigenvalue weighted by Gasteiger charge is 2.25. The number of hydrogen-bond acceptors (Lipinski definition) is 4. The van der Waals surface area contributed by atoms with Gasteiger partial charge in [0.05, 0.1) is 33.5 Å². The maximum Gasteiger partial charge on any atom is 0.0972 e. The molecule has 0 bridgehead atoms. The Hall–Kier alpha value is -5.48. The van der Waals surface area contributed by atoms with Gasteiger partial charge in [-0.05, 0) is 52.9 Å². The average molecular weight is 523 g/mol. The van der Waals surface area contributed by atoms with Gasteiger partial charge in [-0.1, -0.05) is 84.9 Å². The molecule has 4 aromatic heterocycles. The molecule has 0 spiro atoms. The van der Waals surface area contributed by atoms with Gasteiger partial charge in [0.25, 0.3) is 0 Å². The molecule has 4 heterocycles. The highest BCUT2D eigenvalue weighted by Crippen LogP contribution is 2.46. The lowest BCUT2D eigenvalue weighted by atomic mass is 9.91. The number of fused-ring (bicyclic) bond motifs is 9. The van der Waals surface area contributed by atoms with Crippen LogP contribution in [0.15, 0.2) is 122 Å². The van der Waals surface area contributed by atoms with Gasteiger partial charge in [0.15, 0.2) is 0 Å². The molecule has 4 aromatic carbocycles. The number of pyridine rings is 4. The molecule has 0 unspecified atom stereocenters. The lowest BCUT2D eigenvalue weighted by Gasteiger charge is -2.16. The van der Waals surface area contributed by atoms with Gasteiger partial charge in [-0.3, -0.25) is 9.97 Å². The fraction of sp³-hybridized carbons (Fsp3) is 0.0270. The molecule has 0 fully saturated rings. The number of nitrogens with zero attached hydrogens (tertiary/aromatic N) is 4. The first-order valence-electron chi connectivity index (χ1n) is 13.9. The second kappa shape index (κ2) is 8.51. The van der Waals surface area contributed by atoms with Crippen molar-refractivity contribution in [3.8, 4) is 33.6 Å². The molecule has 0 radical (unpaired) electrons. The third-order valence-electron chi connectivity index (χ3n) is 8.38. The molecule has 4 heteroatoms. The van der Waals surface area contributed by atoms with E-state index in [-0.39, 0.29) is 0 Å². The summed E-state index contributed by atoms with van der Waals surface area (Å²) in [6.07, 6.45) is 4.54. The normalized spacial score (nSPS) is 12.3. The zero-order valence-corrected chi connectivity index (χ0v) is 22.0. The molecule has 0 amide bonds. The Labute approximate surface area is 236 Å².